The predicted molar refractivity (Wildman–Crippen MR) is 90.1 cm³/mol. The van der Waals surface area contributed by atoms with Crippen LogP contribution in [0, 0.1) is 0 Å². The van der Waals surface area contributed by atoms with Crippen LogP contribution in [0.2, 0.25) is 0 Å². The molecule has 120 valence electrons. The average Bonchev–Trinajstić information content (AvgIpc) is 3.16. The Morgan fingerprint density at radius 1 is 1.21 bits per heavy atom. The lowest BCUT2D eigenvalue weighted by Gasteiger charge is -2.28. The van der Waals surface area contributed by atoms with Crippen molar-refractivity contribution in [2.45, 2.75) is 0 Å². The molecule has 2 amide bonds. The quantitative estimate of drug-likeness (QED) is 0.760. The number of carbonyl (C=O) groups excluding carboxylic acids is 1. The van der Waals surface area contributed by atoms with Crippen LogP contribution in [0.5, 0.6) is 5.75 Å². The summed E-state index contributed by atoms with van der Waals surface area (Å²) in [5.41, 5.74) is 2.54. The Morgan fingerprint density at radius 2 is 2.08 bits per heavy atom. The van der Waals surface area contributed by atoms with Gasteiger partial charge in [0.05, 0.1) is 12.7 Å². The standard InChI is InChI=1S/C17H15N5O2/c23-17(21-14-4-2-1-3-5-14)22-6-7-24-15-8-12(9-18-16(15)22)13-10-19-20-11-13/h1-5,8-11H,6-7H2,(H,19,20)(H,21,23). The van der Waals surface area contributed by atoms with E-state index in [1.165, 1.54) is 0 Å². The monoisotopic (exact) mass is 321 g/mol. The maximum absolute atomic E-state index is 12.5. The highest BCUT2D eigenvalue weighted by molar-refractivity contribution is 6.02. The Labute approximate surface area is 138 Å². The van der Waals surface area contributed by atoms with E-state index in [1.807, 2.05) is 36.4 Å². The number of aromatic amines is 1. The first-order valence-corrected chi connectivity index (χ1v) is 7.57. The number of nitrogens with zero attached hydrogens (tertiary/aromatic N) is 3. The zero-order valence-electron chi connectivity index (χ0n) is 12.8. The number of ether oxygens (including phenoxy) is 1. The van der Waals surface area contributed by atoms with E-state index in [0.29, 0.717) is 24.7 Å². The summed E-state index contributed by atoms with van der Waals surface area (Å²) in [6, 6.07) is 11.0. The molecule has 0 saturated carbocycles. The first kappa shape index (κ1) is 14.3. The minimum Gasteiger partial charge on any atom is -0.488 e. The molecule has 0 atom stereocenters. The van der Waals surface area contributed by atoms with Crippen molar-refractivity contribution in [3.63, 3.8) is 0 Å². The molecule has 0 aliphatic carbocycles. The van der Waals surface area contributed by atoms with Crippen molar-refractivity contribution in [2.24, 2.45) is 0 Å². The molecule has 1 aromatic carbocycles. The van der Waals surface area contributed by atoms with Crippen LogP contribution in [0.1, 0.15) is 0 Å². The molecule has 1 aliphatic heterocycles. The molecule has 2 N–H and O–H groups in total. The third-order valence-electron chi connectivity index (χ3n) is 3.76. The molecule has 7 nitrogen and oxygen atoms in total. The van der Waals surface area contributed by atoms with Gasteiger partial charge in [-0.05, 0) is 18.2 Å². The van der Waals surface area contributed by atoms with Gasteiger partial charge in [-0.2, -0.15) is 5.10 Å². The topological polar surface area (TPSA) is 83.1 Å². The molecule has 0 saturated heterocycles. The van der Waals surface area contributed by atoms with Crippen LogP contribution in [-0.4, -0.2) is 34.4 Å². The zero-order chi connectivity index (χ0) is 16.4. The van der Waals surface area contributed by atoms with E-state index in [4.69, 9.17) is 4.74 Å². The van der Waals surface area contributed by atoms with Crippen LogP contribution in [0.25, 0.3) is 11.1 Å². The van der Waals surface area contributed by atoms with Crippen molar-refractivity contribution < 1.29 is 9.53 Å². The number of aromatic nitrogens is 3. The smallest absolute Gasteiger partial charge is 0.327 e. The number of benzene rings is 1. The zero-order valence-corrected chi connectivity index (χ0v) is 12.8. The number of hydrogen-bond acceptors (Lipinski definition) is 4. The van der Waals surface area contributed by atoms with Gasteiger partial charge in [-0.3, -0.25) is 10.00 Å². The Balaban J connectivity index is 1.60. The fourth-order valence-electron chi connectivity index (χ4n) is 2.58. The Morgan fingerprint density at radius 3 is 2.88 bits per heavy atom. The summed E-state index contributed by atoms with van der Waals surface area (Å²) >= 11 is 0. The number of nitrogens with one attached hydrogen (secondary N) is 2. The Hall–Kier alpha value is -3.35. The molecule has 0 radical (unpaired) electrons. The predicted octanol–water partition coefficient (Wildman–Crippen LogP) is 2.90. The molecule has 1 aliphatic rings. The van der Waals surface area contributed by atoms with Gasteiger partial charge in [0.1, 0.15) is 6.61 Å². The first-order valence-electron chi connectivity index (χ1n) is 7.57. The minimum absolute atomic E-state index is 0.227. The molecule has 24 heavy (non-hydrogen) atoms. The highest BCUT2D eigenvalue weighted by Gasteiger charge is 2.25. The number of H-pyrrole nitrogens is 1. The van der Waals surface area contributed by atoms with Gasteiger partial charge in [0.25, 0.3) is 0 Å². The van der Waals surface area contributed by atoms with Crippen molar-refractivity contribution in [2.75, 3.05) is 23.4 Å². The van der Waals surface area contributed by atoms with Crippen molar-refractivity contribution in [3.8, 4) is 16.9 Å². The normalized spacial score (nSPS) is 13.1. The van der Waals surface area contributed by atoms with Crippen molar-refractivity contribution in [1.29, 1.82) is 0 Å². The highest BCUT2D eigenvalue weighted by Crippen LogP contribution is 2.33. The summed E-state index contributed by atoms with van der Waals surface area (Å²) in [6.07, 6.45) is 5.21. The molecule has 0 unspecified atom stereocenters. The number of anilines is 2. The van der Waals surface area contributed by atoms with Gasteiger partial charge >= 0.3 is 6.03 Å². The number of urea groups is 1. The third-order valence-corrected chi connectivity index (χ3v) is 3.76. The van der Waals surface area contributed by atoms with Gasteiger partial charge in [0, 0.05) is 29.2 Å². The van der Waals surface area contributed by atoms with E-state index in [-0.39, 0.29) is 6.03 Å². The lowest BCUT2D eigenvalue weighted by atomic mass is 10.1. The number of para-hydroxylation sites is 1. The molecule has 0 fully saturated rings. The molecule has 0 bridgehead atoms. The van der Waals surface area contributed by atoms with E-state index in [0.717, 1.165) is 16.8 Å². The van der Waals surface area contributed by atoms with Gasteiger partial charge in [0.2, 0.25) is 0 Å². The lowest BCUT2D eigenvalue weighted by molar-refractivity contribution is 0.249. The van der Waals surface area contributed by atoms with Crippen molar-refractivity contribution >= 4 is 17.5 Å². The number of fused-ring (bicyclic) bond motifs is 1. The fraction of sp³-hybridized carbons (Fsp3) is 0.118. The van der Waals surface area contributed by atoms with Crippen LogP contribution in [0.15, 0.2) is 55.0 Å². The molecule has 7 heteroatoms. The Kier molecular flexibility index (Phi) is 3.59. The van der Waals surface area contributed by atoms with Crippen LogP contribution >= 0.6 is 0 Å². The SMILES string of the molecule is O=C(Nc1ccccc1)N1CCOc2cc(-c3cn[nH]c3)cnc21. The number of hydrogen-bond donors (Lipinski definition) is 2. The van der Waals surface area contributed by atoms with Gasteiger partial charge < -0.3 is 10.1 Å². The first-order chi connectivity index (χ1) is 11.8. The lowest BCUT2D eigenvalue weighted by Crippen LogP contribution is -2.41. The minimum atomic E-state index is -0.227. The molecular formula is C17H15N5O2. The van der Waals surface area contributed by atoms with Crippen LogP contribution in [-0.2, 0) is 0 Å². The third kappa shape index (κ3) is 2.67. The summed E-state index contributed by atoms with van der Waals surface area (Å²) < 4.78 is 5.68. The van der Waals surface area contributed by atoms with Gasteiger partial charge in [-0.15, -0.1) is 0 Å². The number of pyridine rings is 1. The van der Waals surface area contributed by atoms with Crippen molar-refractivity contribution in [1.82, 2.24) is 15.2 Å². The fourth-order valence-corrected chi connectivity index (χ4v) is 2.58. The second-order valence-corrected chi connectivity index (χ2v) is 5.33. The molecular weight excluding hydrogens is 306 g/mol. The maximum atomic E-state index is 12.5. The van der Waals surface area contributed by atoms with E-state index >= 15 is 0 Å². The van der Waals surface area contributed by atoms with E-state index in [1.54, 1.807) is 23.5 Å². The molecule has 0 spiro atoms. The second kappa shape index (κ2) is 6.04. The van der Waals surface area contributed by atoms with Crippen molar-refractivity contribution in [3.05, 3.63) is 55.0 Å². The molecule has 3 aromatic rings. The number of rotatable bonds is 2. The summed E-state index contributed by atoms with van der Waals surface area (Å²) in [4.78, 5) is 18.6. The van der Waals surface area contributed by atoms with Crippen LogP contribution in [0.4, 0.5) is 16.3 Å². The average molecular weight is 321 g/mol. The molecule has 3 heterocycles. The molecule has 2 aromatic heterocycles. The summed E-state index contributed by atoms with van der Waals surface area (Å²) in [5.74, 6) is 1.10. The highest BCUT2D eigenvalue weighted by atomic mass is 16.5. The van der Waals surface area contributed by atoms with Crippen LogP contribution < -0.4 is 15.0 Å². The maximum Gasteiger partial charge on any atom is 0.327 e. The van der Waals surface area contributed by atoms with E-state index in [9.17, 15) is 4.79 Å². The number of amides is 2. The van der Waals surface area contributed by atoms with Gasteiger partial charge in [-0.25, -0.2) is 9.78 Å². The number of carbonyl (C=O) groups is 1. The van der Waals surface area contributed by atoms with E-state index in [2.05, 4.69) is 20.5 Å². The second-order valence-electron chi connectivity index (χ2n) is 5.33. The largest absolute Gasteiger partial charge is 0.488 e. The summed E-state index contributed by atoms with van der Waals surface area (Å²) in [6.45, 7) is 0.870. The Bertz CT molecular complexity index is 849. The summed E-state index contributed by atoms with van der Waals surface area (Å²) in [7, 11) is 0. The molecule has 4 rings (SSSR count). The van der Waals surface area contributed by atoms with E-state index < -0.39 is 0 Å². The summed E-state index contributed by atoms with van der Waals surface area (Å²) in [5, 5.41) is 9.57. The van der Waals surface area contributed by atoms with Gasteiger partial charge in [-0.1, -0.05) is 18.2 Å². The van der Waals surface area contributed by atoms with Crippen LogP contribution in [0.3, 0.4) is 0 Å². The van der Waals surface area contributed by atoms with Gasteiger partial charge in [0.15, 0.2) is 11.6 Å².